The summed E-state index contributed by atoms with van der Waals surface area (Å²) in [4.78, 5) is 14.3. The quantitative estimate of drug-likeness (QED) is 0.917. The molecule has 2 N–H and O–H groups in total. The van der Waals surface area contributed by atoms with Gasteiger partial charge in [-0.25, -0.2) is 0 Å². The first-order valence-electron chi connectivity index (χ1n) is 7.66. The molecule has 1 amide bonds. The summed E-state index contributed by atoms with van der Waals surface area (Å²) < 4.78 is 0. The van der Waals surface area contributed by atoms with Crippen molar-refractivity contribution in [2.45, 2.75) is 46.2 Å². The molecule has 1 aromatic rings. The van der Waals surface area contributed by atoms with E-state index in [0.29, 0.717) is 37.3 Å². The normalized spacial score (nSPS) is 20.3. The Bertz CT molecular complexity index is 456. The van der Waals surface area contributed by atoms with Gasteiger partial charge in [0, 0.05) is 26.1 Å². The first kappa shape index (κ1) is 15.0. The van der Waals surface area contributed by atoms with Crippen molar-refractivity contribution in [3.05, 3.63) is 35.4 Å². The van der Waals surface area contributed by atoms with Crippen LogP contribution in [-0.4, -0.2) is 17.4 Å². The van der Waals surface area contributed by atoms with Crippen LogP contribution in [0.2, 0.25) is 0 Å². The van der Waals surface area contributed by atoms with Crippen molar-refractivity contribution in [1.82, 2.24) is 4.90 Å². The van der Waals surface area contributed by atoms with Crippen LogP contribution in [-0.2, 0) is 17.9 Å². The van der Waals surface area contributed by atoms with Crippen molar-refractivity contribution in [2.75, 3.05) is 6.54 Å². The molecule has 1 aromatic carbocycles. The van der Waals surface area contributed by atoms with Crippen molar-refractivity contribution in [3.8, 4) is 0 Å². The summed E-state index contributed by atoms with van der Waals surface area (Å²) in [6, 6.07) is 8.16. The van der Waals surface area contributed by atoms with E-state index in [1.54, 1.807) is 0 Å². The van der Waals surface area contributed by atoms with Gasteiger partial charge in [-0.05, 0) is 35.8 Å². The van der Waals surface area contributed by atoms with Gasteiger partial charge < -0.3 is 10.6 Å². The molecule has 20 heavy (non-hydrogen) atoms. The van der Waals surface area contributed by atoms with Crippen molar-refractivity contribution in [2.24, 2.45) is 17.6 Å². The summed E-state index contributed by atoms with van der Waals surface area (Å²) in [5, 5.41) is 0. The molecular formula is C17H26N2O. The maximum Gasteiger partial charge on any atom is 0.222 e. The third kappa shape index (κ3) is 3.60. The molecule has 1 fully saturated rings. The van der Waals surface area contributed by atoms with Crippen LogP contribution in [0.25, 0.3) is 0 Å². The van der Waals surface area contributed by atoms with Gasteiger partial charge in [0.2, 0.25) is 5.91 Å². The number of hydrogen-bond acceptors (Lipinski definition) is 2. The second-order valence-electron chi connectivity index (χ2n) is 6.12. The van der Waals surface area contributed by atoms with Gasteiger partial charge >= 0.3 is 0 Å². The number of amides is 1. The Balaban J connectivity index is 2.06. The lowest BCUT2D eigenvalue weighted by Gasteiger charge is -2.23. The van der Waals surface area contributed by atoms with Crippen LogP contribution in [0.15, 0.2) is 24.3 Å². The molecular weight excluding hydrogens is 248 g/mol. The Kier molecular flexibility index (Phi) is 5.18. The molecule has 1 saturated heterocycles. The number of nitrogens with zero attached hydrogens (tertiary/aromatic N) is 1. The van der Waals surface area contributed by atoms with Gasteiger partial charge in [0.25, 0.3) is 0 Å². The van der Waals surface area contributed by atoms with Crippen molar-refractivity contribution in [3.63, 3.8) is 0 Å². The lowest BCUT2D eigenvalue weighted by atomic mass is 9.89. The fourth-order valence-corrected chi connectivity index (χ4v) is 3.01. The average Bonchev–Trinajstić information content (AvgIpc) is 2.62. The summed E-state index contributed by atoms with van der Waals surface area (Å²) >= 11 is 0. The largest absolute Gasteiger partial charge is 0.338 e. The Morgan fingerprint density at radius 2 is 1.95 bits per heavy atom. The third-order valence-corrected chi connectivity index (χ3v) is 4.49. The number of nitrogens with two attached hydrogens (primary N) is 1. The summed E-state index contributed by atoms with van der Waals surface area (Å²) in [6.45, 7) is 6.63. The fourth-order valence-electron chi connectivity index (χ4n) is 3.01. The van der Waals surface area contributed by atoms with Crippen LogP contribution in [0, 0.1) is 11.8 Å². The molecule has 0 bridgehead atoms. The summed E-state index contributed by atoms with van der Waals surface area (Å²) in [5.41, 5.74) is 8.11. The maximum absolute atomic E-state index is 12.3. The number of rotatable bonds is 4. The molecule has 1 heterocycles. The molecule has 0 aliphatic carbocycles. The minimum atomic E-state index is 0.292. The van der Waals surface area contributed by atoms with E-state index in [0.717, 1.165) is 24.9 Å². The zero-order valence-corrected chi connectivity index (χ0v) is 12.6. The van der Waals surface area contributed by atoms with Crippen LogP contribution in [0.5, 0.6) is 0 Å². The van der Waals surface area contributed by atoms with Gasteiger partial charge in [-0.1, -0.05) is 38.1 Å². The second kappa shape index (κ2) is 6.89. The van der Waals surface area contributed by atoms with E-state index in [4.69, 9.17) is 5.73 Å². The molecule has 1 atom stereocenters. The molecule has 3 nitrogen and oxygen atoms in total. The monoisotopic (exact) mass is 274 g/mol. The molecule has 0 saturated carbocycles. The maximum atomic E-state index is 12.3. The molecule has 2 rings (SSSR count). The van der Waals surface area contributed by atoms with Crippen molar-refractivity contribution >= 4 is 5.91 Å². The first-order valence-corrected chi connectivity index (χ1v) is 7.66. The van der Waals surface area contributed by atoms with Crippen molar-refractivity contribution in [1.29, 1.82) is 0 Å². The molecule has 0 spiro atoms. The standard InChI is InChI=1S/C17H26N2O/c1-13(2)14-7-8-17(20)19(10-9-14)12-16-6-4-3-5-15(16)11-18/h3-6,13-14H,7-12,18H2,1-2H3. The van der Waals surface area contributed by atoms with E-state index in [1.807, 2.05) is 17.0 Å². The Labute approximate surface area is 122 Å². The number of likely N-dealkylation sites (tertiary alicyclic amines) is 1. The Hall–Kier alpha value is -1.35. The predicted octanol–water partition coefficient (Wildman–Crippen LogP) is 2.93. The van der Waals surface area contributed by atoms with E-state index in [-0.39, 0.29) is 0 Å². The zero-order valence-electron chi connectivity index (χ0n) is 12.6. The van der Waals surface area contributed by atoms with Crippen LogP contribution in [0.1, 0.15) is 44.2 Å². The number of carbonyl (C=O) groups excluding carboxylic acids is 1. The van der Waals surface area contributed by atoms with E-state index in [2.05, 4.69) is 26.0 Å². The number of benzene rings is 1. The van der Waals surface area contributed by atoms with Gasteiger partial charge in [0.15, 0.2) is 0 Å². The molecule has 3 heteroatoms. The van der Waals surface area contributed by atoms with Crippen molar-refractivity contribution < 1.29 is 4.79 Å². The molecule has 0 aromatic heterocycles. The van der Waals surface area contributed by atoms with Gasteiger partial charge in [0.1, 0.15) is 0 Å². The second-order valence-corrected chi connectivity index (χ2v) is 6.12. The van der Waals surface area contributed by atoms with Gasteiger partial charge in [-0.3, -0.25) is 4.79 Å². The fraction of sp³-hybridized carbons (Fsp3) is 0.588. The SMILES string of the molecule is CC(C)C1CCC(=O)N(Cc2ccccc2CN)CC1. The lowest BCUT2D eigenvalue weighted by Crippen LogP contribution is -2.30. The van der Waals surface area contributed by atoms with Crippen LogP contribution in [0.4, 0.5) is 0 Å². The van der Waals surface area contributed by atoms with E-state index < -0.39 is 0 Å². The Morgan fingerprint density at radius 1 is 1.25 bits per heavy atom. The van der Waals surface area contributed by atoms with E-state index in [9.17, 15) is 4.79 Å². The highest BCUT2D eigenvalue weighted by Gasteiger charge is 2.24. The van der Waals surface area contributed by atoms with Gasteiger partial charge in [-0.2, -0.15) is 0 Å². The summed E-state index contributed by atoms with van der Waals surface area (Å²) in [7, 11) is 0. The smallest absolute Gasteiger partial charge is 0.222 e. The zero-order chi connectivity index (χ0) is 14.5. The minimum absolute atomic E-state index is 0.292. The third-order valence-electron chi connectivity index (χ3n) is 4.49. The highest BCUT2D eigenvalue weighted by atomic mass is 16.2. The average molecular weight is 274 g/mol. The summed E-state index contributed by atoms with van der Waals surface area (Å²) in [6.07, 6.45) is 2.84. The molecule has 110 valence electrons. The van der Waals surface area contributed by atoms with Crippen LogP contribution >= 0.6 is 0 Å². The predicted molar refractivity (Wildman–Crippen MR) is 81.9 cm³/mol. The van der Waals surface area contributed by atoms with Gasteiger partial charge in [0.05, 0.1) is 0 Å². The number of hydrogen-bond donors (Lipinski definition) is 1. The molecule has 0 radical (unpaired) electrons. The van der Waals surface area contributed by atoms with Crippen LogP contribution in [0.3, 0.4) is 0 Å². The first-order chi connectivity index (χ1) is 9.61. The lowest BCUT2D eigenvalue weighted by molar-refractivity contribution is -0.131. The highest BCUT2D eigenvalue weighted by Crippen LogP contribution is 2.26. The topological polar surface area (TPSA) is 46.3 Å². The Morgan fingerprint density at radius 3 is 2.60 bits per heavy atom. The van der Waals surface area contributed by atoms with Gasteiger partial charge in [-0.15, -0.1) is 0 Å². The minimum Gasteiger partial charge on any atom is -0.338 e. The number of carbonyl (C=O) groups is 1. The van der Waals surface area contributed by atoms with Crippen LogP contribution < -0.4 is 5.73 Å². The molecule has 1 aliphatic heterocycles. The van der Waals surface area contributed by atoms with E-state index >= 15 is 0 Å². The summed E-state index contributed by atoms with van der Waals surface area (Å²) in [5.74, 6) is 1.63. The molecule has 1 unspecified atom stereocenters. The highest BCUT2D eigenvalue weighted by molar-refractivity contribution is 5.76. The molecule has 1 aliphatic rings. The van der Waals surface area contributed by atoms with E-state index in [1.165, 1.54) is 5.56 Å².